The maximum atomic E-state index is 14.3. The Morgan fingerprint density at radius 2 is 1.75 bits per heavy atom. The topological polar surface area (TPSA) is 47.9 Å². The standard InChI is InChI=1S/C14H15F2NO3/c1-19-12-10(16)7-9(15)11(13(12)20-2)14(17-8-18)5-3-4-6-14/h7H,3-6H2,1-2H3. The molecule has 0 atom stereocenters. The Labute approximate surface area is 115 Å². The number of hydrogen-bond donors (Lipinski definition) is 0. The number of ether oxygens (including phenoxy) is 2. The van der Waals surface area contributed by atoms with E-state index in [4.69, 9.17) is 9.47 Å². The summed E-state index contributed by atoms with van der Waals surface area (Å²) in [5.74, 6) is -1.88. The van der Waals surface area contributed by atoms with Crippen molar-refractivity contribution < 1.29 is 23.0 Å². The summed E-state index contributed by atoms with van der Waals surface area (Å²) in [4.78, 5) is 14.5. The molecule has 0 bridgehead atoms. The molecule has 108 valence electrons. The summed E-state index contributed by atoms with van der Waals surface area (Å²) < 4.78 is 38.0. The van der Waals surface area contributed by atoms with E-state index in [2.05, 4.69) is 4.99 Å². The molecule has 0 aliphatic heterocycles. The van der Waals surface area contributed by atoms with Crippen molar-refractivity contribution in [3.05, 3.63) is 23.3 Å². The van der Waals surface area contributed by atoms with E-state index in [1.165, 1.54) is 20.3 Å². The Bertz CT molecular complexity index is 562. The number of methoxy groups -OCH3 is 2. The molecule has 0 saturated heterocycles. The van der Waals surface area contributed by atoms with Gasteiger partial charge in [-0.1, -0.05) is 12.8 Å². The van der Waals surface area contributed by atoms with Crippen LogP contribution >= 0.6 is 0 Å². The van der Waals surface area contributed by atoms with Gasteiger partial charge in [-0.05, 0) is 12.8 Å². The summed E-state index contributed by atoms with van der Waals surface area (Å²) in [6.07, 6.45) is 4.08. The summed E-state index contributed by atoms with van der Waals surface area (Å²) in [6, 6.07) is 0.733. The lowest BCUT2D eigenvalue weighted by Crippen LogP contribution is -2.22. The molecule has 0 aromatic heterocycles. The Morgan fingerprint density at radius 3 is 2.25 bits per heavy atom. The Hall–Kier alpha value is -1.94. The molecule has 0 unspecified atom stereocenters. The van der Waals surface area contributed by atoms with E-state index in [9.17, 15) is 13.6 Å². The monoisotopic (exact) mass is 283 g/mol. The molecule has 2 rings (SSSR count). The molecule has 1 saturated carbocycles. The van der Waals surface area contributed by atoms with Crippen molar-refractivity contribution in [1.82, 2.24) is 0 Å². The number of halogens is 2. The number of carbonyl (C=O) groups excluding carboxylic acids is 1. The maximum absolute atomic E-state index is 14.3. The normalized spacial score (nSPS) is 16.6. The summed E-state index contributed by atoms with van der Waals surface area (Å²) in [5.41, 5.74) is -0.975. The molecule has 0 N–H and O–H groups in total. The predicted octanol–water partition coefficient (Wildman–Crippen LogP) is 3.09. The van der Waals surface area contributed by atoms with Gasteiger partial charge in [0.15, 0.2) is 17.3 Å². The second-order valence-electron chi connectivity index (χ2n) is 4.72. The van der Waals surface area contributed by atoms with Gasteiger partial charge in [0.05, 0.1) is 19.8 Å². The smallest absolute Gasteiger partial charge is 0.235 e. The quantitative estimate of drug-likeness (QED) is 0.630. The number of aliphatic imine (C=N–C) groups is 1. The summed E-state index contributed by atoms with van der Waals surface area (Å²) in [5, 5.41) is 0. The fourth-order valence-electron chi connectivity index (χ4n) is 2.86. The van der Waals surface area contributed by atoms with Gasteiger partial charge in [0.25, 0.3) is 0 Å². The van der Waals surface area contributed by atoms with Crippen LogP contribution in [0, 0.1) is 11.6 Å². The number of hydrogen-bond acceptors (Lipinski definition) is 4. The molecule has 6 heteroatoms. The molecule has 0 amide bonds. The molecule has 4 nitrogen and oxygen atoms in total. The fraction of sp³-hybridized carbons (Fsp3) is 0.500. The Balaban J connectivity index is 2.74. The van der Waals surface area contributed by atoms with Gasteiger partial charge in [-0.3, -0.25) is 0 Å². The fourth-order valence-corrected chi connectivity index (χ4v) is 2.86. The zero-order chi connectivity index (χ0) is 14.8. The molecule has 0 spiro atoms. The van der Waals surface area contributed by atoms with Crippen LogP contribution < -0.4 is 9.47 Å². The van der Waals surface area contributed by atoms with Gasteiger partial charge in [-0.15, -0.1) is 0 Å². The highest BCUT2D eigenvalue weighted by atomic mass is 19.1. The van der Waals surface area contributed by atoms with Crippen molar-refractivity contribution in [1.29, 1.82) is 0 Å². The Kier molecular flexibility index (Phi) is 4.04. The van der Waals surface area contributed by atoms with Crippen LogP contribution in [-0.2, 0) is 10.3 Å². The average molecular weight is 283 g/mol. The van der Waals surface area contributed by atoms with Crippen LogP contribution in [0.3, 0.4) is 0 Å². The SMILES string of the molecule is COc1c(F)cc(F)c(C2(N=C=O)CCCC2)c1OC. The minimum absolute atomic E-state index is 0.0501. The van der Waals surface area contributed by atoms with E-state index in [-0.39, 0.29) is 17.1 Å². The van der Waals surface area contributed by atoms with Gasteiger partial charge in [-0.2, -0.15) is 4.99 Å². The number of benzene rings is 1. The highest BCUT2D eigenvalue weighted by Gasteiger charge is 2.42. The summed E-state index contributed by atoms with van der Waals surface area (Å²) in [7, 11) is 2.57. The van der Waals surface area contributed by atoms with E-state index in [1.54, 1.807) is 0 Å². The minimum Gasteiger partial charge on any atom is -0.492 e. The molecule has 20 heavy (non-hydrogen) atoms. The van der Waals surface area contributed by atoms with Crippen molar-refractivity contribution in [3.63, 3.8) is 0 Å². The Morgan fingerprint density at radius 1 is 1.15 bits per heavy atom. The number of nitrogens with zero attached hydrogens (tertiary/aromatic N) is 1. The van der Waals surface area contributed by atoms with Crippen LogP contribution in [0.15, 0.2) is 11.1 Å². The van der Waals surface area contributed by atoms with Crippen LogP contribution in [0.5, 0.6) is 11.5 Å². The molecule has 1 aliphatic rings. The zero-order valence-electron chi connectivity index (χ0n) is 11.3. The van der Waals surface area contributed by atoms with E-state index in [0.717, 1.165) is 18.9 Å². The molecule has 1 aromatic carbocycles. The number of rotatable bonds is 4. The molecule has 0 radical (unpaired) electrons. The van der Waals surface area contributed by atoms with E-state index >= 15 is 0 Å². The predicted molar refractivity (Wildman–Crippen MR) is 67.7 cm³/mol. The highest BCUT2D eigenvalue weighted by molar-refractivity contribution is 5.53. The van der Waals surface area contributed by atoms with Gasteiger partial charge >= 0.3 is 0 Å². The first kappa shape index (κ1) is 14.5. The van der Waals surface area contributed by atoms with Crippen LogP contribution in [0.4, 0.5) is 8.78 Å². The lowest BCUT2D eigenvalue weighted by Gasteiger charge is -2.26. The van der Waals surface area contributed by atoms with Crippen molar-refractivity contribution in [2.24, 2.45) is 4.99 Å². The molecule has 1 fully saturated rings. The summed E-state index contributed by atoms with van der Waals surface area (Å²) in [6.45, 7) is 0. The van der Waals surface area contributed by atoms with Crippen LogP contribution in [-0.4, -0.2) is 20.3 Å². The maximum Gasteiger partial charge on any atom is 0.235 e. The van der Waals surface area contributed by atoms with Crippen molar-refractivity contribution >= 4 is 6.08 Å². The first-order valence-electron chi connectivity index (χ1n) is 6.29. The van der Waals surface area contributed by atoms with Crippen LogP contribution in [0.25, 0.3) is 0 Å². The number of isocyanates is 1. The second kappa shape index (κ2) is 5.59. The van der Waals surface area contributed by atoms with E-state index < -0.39 is 17.2 Å². The largest absolute Gasteiger partial charge is 0.492 e. The van der Waals surface area contributed by atoms with Gasteiger partial charge in [-0.25, -0.2) is 13.6 Å². The third-order valence-corrected chi connectivity index (χ3v) is 3.71. The molecule has 0 heterocycles. The van der Waals surface area contributed by atoms with E-state index in [0.29, 0.717) is 12.8 Å². The van der Waals surface area contributed by atoms with Gasteiger partial charge < -0.3 is 9.47 Å². The summed E-state index contributed by atoms with van der Waals surface area (Å²) >= 11 is 0. The first-order valence-corrected chi connectivity index (χ1v) is 6.29. The molecular weight excluding hydrogens is 268 g/mol. The van der Waals surface area contributed by atoms with Crippen LogP contribution in [0.1, 0.15) is 31.2 Å². The molecule has 1 aromatic rings. The highest BCUT2D eigenvalue weighted by Crippen LogP contribution is 2.50. The zero-order valence-corrected chi connectivity index (χ0v) is 11.3. The van der Waals surface area contributed by atoms with Crippen molar-refractivity contribution in [2.75, 3.05) is 14.2 Å². The van der Waals surface area contributed by atoms with Gasteiger partial charge in [0.2, 0.25) is 6.08 Å². The lowest BCUT2D eigenvalue weighted by atomic mass is 9.87. The third-order valence-electron chi connectivity index (χ3n) is 3.71. The first-order chi connectivity index (χ1) is 9.59. The second-order valence-corrected chi connectivity index (χ2v) is 4.72. The van der Waals surface area contributed by atoms with E-state index in [1.807, 2.05) is 0 Å². The third kappa shape index (κ3) is 2.16. The van der Waals surface area contributed by atoms with Gasteiger partial charge in [0.1, 0.15) is 11.4 Å². The van der Waals surface area contributed by atoms with Crippen LogP contribution in [0.2, 0.25) is 0 Å². The van der Waals surface area contributed by atoms with Gasteiger partial charge in [0, 0.05) is 6.07 Å². The lowest BCUT2D eigenvalue weighted by molar-refractivity contribution is 0.315. The molecular formula is C14H15F2NO3. The minimum atomic E-state index is -1.04. The van der Waals surface area contributed by atoms with Crippen molar-refractivity contribution in [2.45, 2.75) is 31.2 Å². The molecule has 1 aliphatic carbocycles. The van der Waals surface area contributed by atoms with Crippen molar-refractivity contribution in [3.8, 4) is 11.5 Å². The average Bonchev–Trinajstić information content (AvgIpc) is 2.87.